The molecule has 0 bridgehead atoms. The minimum atomic E-state index is -0.210. The van der Waals surface area contributed by atoms with Crippen molar-refractivity contribution in [1.29, 1.82) is 0 Å². The molecule has 0 fully saturated rings. The van der Waals surface area contributed by atoms with Crippen LogP contribution in [-0.4, -0.2) is 21.7 Å². The molecule has 6 heteroatoms. The molecule has 0 saturated carbocycles. The predicted molar refractivity (Wildman–Crippen MR) is 97.1 cm³/mol. The van der Waals surface area contributed by atoms with E-state index in [1.54, 1.807) is 23.9 Å². The van der Waals surface area contributed by atoms with Crippen LogP contribution in [0.3, 0.4) is 0 Å². The van der Waals surface area contributed by atoms with E-state index < -0.39 is 0 Å². The molecule has 3 aromatic rings. The third-order valence-corrected chi connectivity index (χ3v) is 5.36. The fourth-order valence-electron chi connectivity index (χ4n) is 2.30. The van der Waals surface area contributed by atoms with Gasteiger partial charge in [-0.1, -0.05) is 29.0 Å². The summed E-state index contributed by atoms with van der Waals surface area (Å²) in [5, 5.41) is 8.80. The number of rotatable bonds is 6. The van der Waals surface area contributed by atoms with E-state index in [2.05, 4.69) is 30.1 Å². The minimum absolute atomic E-state index is 0.210. The molecule has 0 aliphatic carbocycles. The molecule has 3 nitrogen and oxygen atoms in total. The predicted octanol–water partition coefficient (Wildman–Crippen LogP) is 5.38. The van der Waals surface area contributed by atoms with Crippen molar-refractivity contribution in [3.05, 3.63) is 59.4 Å². The molecule has 0 aliphatic rings. The number of halogens is 1. The highest BCUT2D eigenvalue weighted by molar-refractivity contribution is 8.02. The highest BCUT2D eigenvalue weighted by atomic mass is 32.2. The van der Waals surface area contributed by atoms with Crippen LogP contribution in [0, 0.1) is 19.7 Å². The molecule has 2 aromatic carbocycles. The molecular weight excluding hydrogens is 343 g/mol. The first kappa shape index (κ1) is 17.0. The zero-order valence-electron chi connectivity index (χ0n) is 13.5. The monoisotopic (exact) mass is 360 g/mol. The van der Waals surface area contributed by atoms with Crippen molar-refractivity contribution in [2.45, 2.75) is 24.0 Å². The van der Waals surface area contributed by atoms with Crippen LogP contribution < -0.4 is 0 Å². The Kier molecular flexibility index (Phi) is 5.58. The summed E-state index contributed by atoms with van der Waals surface area (Å²) in [6.45, 7) is 4.10. The quantitative estimate of drug-likeness (QED) is 0.436. The second-order valence-corrected chi connectivity index (χ2v) is 7.61. The van der Waals surface area contributed by atoms with Gasteiger partial charge in [0, 0.05) is 22.0 Å². The SMILES string of the molecule is Cc1cc(C)cc(-c2nnc(SCCSc3ccc(F)cc3)o2)c1. The van der Waals surface area contributed by atoms with Gasteiger partial charge in [0.2, 0.25) is 5.89 Å². The van der Waals surface area contributed by atoms with Crippen LogP contribution in [0.2, 0.25) is 0 Å². The van der Waals surface area contributed by atoms with E-state index in [4.69, 9.17) is 4.42 Å². The summed E-state index contributed by atoms with van der Waals surface area (Å²) < 4.78 is 18.6. The van der Waals surface area contributed by atoms with Gasteiger partial charge in [0.15, 0.2) is 0 Å². The zero-order chi connectivity index (χ0) is 16.9. The topological polar surface area (TPSA) is 38.9 Å². The number of hydrogen-bond acceptors (Lipinski definition) is 5. The van der Waals surface area contributed by atoms with Crippen LogP contribution in [0.15, 0.2) is 57.0 Å². The standard InChI is InChI=1S/C18H17FN2OS2/c1-12-9-13(2)11-14(10-12)17-20-21-18(22-17)24-8-7-23-16-5-3-15(19)4-6-16/h3-6,9-11H,7-8H2,1-2H3. The molecule has 24 heavy (non-hydrogen) atoms. The number of hydrogen-bond donors (Lipinski definition) is 0. The van der Waals surface area contributed by atoms with Crippen molar-refractivity contribution in [3.63, 3.8) is 0 Å². The Balaban J connectivity index is 1.53. The van der Waals surface area contributed by atoms with Crippen molar-refractivity contribution in [2.24, 2.45) is 0 Å². The van der Waals surface area contributed by atoms with Gasteiger partial charge >= 0.3 is 0 Å². The van der Waals surface area contributed by atoms with Gasteiger partial charge in [0.1, 0.15) is 5.82 Å². The van der Waals surface area contributed by atoms with E-state index in [1.165, 1.54) is 35.0 Å². The lowest BCUT2D eigenvalue weighted by molar-refractivity contribution is 0.466. The summed E-state index contributed by atoms with van der Waals surface area (Å²) in [7, 11) is 0. The zero-order valence-corrected chi connectivity index (χ0v) is 15.1. The second-order valence-electron chi connectivity index (χ2n) is 5.40. The summed E-state index contributed by atoms with van der Waals surface area (Å²) in [6, 6.07) is 12.7. The molecule has 0 atom stereocenters. The van der Waals surface area contributed by atoms with Crippen molar-refractivity contribution in [2.75, 3.05) is 11.5 Å². The van der Waals surface area contributed by atoms with Crippen LogP contribution in [0.25, 0.3) is 11.5 Å². The Morgan fingerprint density at radius 3 is 2.29 bits per heavy atom. The Hall–Kier alpha value is -1.79. The second kappa shape index (κ2) is 7.85. The van der Waals surface area contributed by atoms with Gasteiger partial charge in [0.25, 0.3) is 5.22 Å². The van der Waals surface area contributed by atoms with Gasteiger partial charge < -0.3 is 4.42 Å². The van der Waals surface area contributed by atoms with Crippen LogP contribution in [0.1, 0.15) is 11.1 Å². The summed E-state index contributed by atoms with van der Waals surface area (Å²) in [4.78, 5) is 1.05. The Morgan fingerprint density at radius 2 is 1.58 bits per heavy atom. The molecule has 0 aliphatic heterocycles. The van der Waals surface area contributed by atoms with Crippen LogP contribution in [0.4, 0.5) is 4.39 Å². The van der Waals surface area contributed by atoms with E-state index in [0.29, 0.717) is 11.1 Å². The maximum Gasteiger partial charge on any atom is 0.276 e. The smallest absolute Gasteiger partial charge is 0.276 e. The van der Waals surface area contributed by atoms with Crippen molar-refractivity contribution in [3.8, 4) is 11.5 Å². The van der Waals surface area contributed by atoms with E-state index >= 15 is 0 Å². The molecular formula is C18H17FN2OS2. The minimum Gasteiger partial charge on any atom is -0.411 e. The maximum absolute atomic E-state index is 12.8. The molecule has 124 valence electrons. The number of benzene rings is 2. The Bertz CT molecular complexity index is 798. The van der Waals surface area contributed by atoms with E-state index in [9.17, 15) is 4.39 Å². The molecule has 0 unspecified atom stereocenters. The fourth-order valence-corrected chi connectivity index (χ4v) is 3.94. The first-order valence-electron chi connectivity index (χ1n) is 7.53. The Labute approximate surface area is 149 Å². The lowest BCUT2D eigenvalue weighted by atomic mass is 10.1. The molecule has 0 N–H and O–H groups in total. The Morgan fingerprint density at radius 1 is 0.917 bits per heavy atom. The number of aryl methyl sites for hydroxylation is 2. The van der Waals surface area contributed by atoms with Gasteiger partial charge in [-0.15, -0.1) is 22.0 Å². The van der Waals surface area contributed by atoms with Gasteiger partial charge in [-0.2, -0.15) is 0 Å². The van der Waals surface area contributed by atoms with Crippen LogP contribution in [0.5, 0.6) is 0 Å². The molecule has 1 aromatic heterocycles. The summed E-state index contributed by atoms with van der Waals surface area (Å²) >= 11 is 3.21. The summed E-state index contributed by atoms with van der Waals surface area (Å²) in [6.07, 6.45) is 0. The molecule has 1 heterocycles. The summed E-state index contributed by atoms with van der Waals surface area (Å²) in [5.41, 5.74) is 3.30. The van der Waals surface area contributed by atoms with Crippen LogP contribution >= 0.6 is 23.5 Å². The number of thioether (sulfide) groups is 2. The van der Waals surface area contributed by atoms with E-state index in [0.717, 1.165) is 22.0 Å². The van der Waals surface area contributed by atoms with Crippen LogP contribution in [-0.2, 0) is 0 Å². The van der Waals surface area contributed by atoms with Gasteiger partial charge in [-0.25, -0.2) is 4.39 Å². The van der Waals surface area contributed by atoms with Gasteiger partial charge in [-0.05, 0) is 50.2 Å². The van der Waals surface area contributed by atoms with E-state index in [-0.39, 0.29) is 5.82 Å². The molecule has 0 radical (unpaired) electrons. The first-order valence-corrected chi connectivity index (χ1v) is 9.50. The average Bonchev–Trinajstić information content (AvgIpc) is 3.01. The average molecular weight is 360 g/mol. The van der Waals surface area contributed by atoms with E-state index in [1.807, 2.05) is 12.1 Å². The van der Waals surface area contributed by atoms with Gasteiger partial charge in [-0.3, -0.25) is 0 Å². The normalized spacial score (nSPS) is 11.0. The number of nitrogens with zero attached hydrogens (tertiary/aromatic N) is 2. The van der Waals surface area contributed by atoms with Crippen molar-refractivity contribution >= 4 is 23.5 Å². The fraction of sp³-hybridized carbons (Fsp3) is 0.222. The van der Waals surface area contributed by atoms with Crippen molar-refractivity contribution < 1.29 is 8.81 Å². The lowest BCUT2D eigenvalue weighted by Crippen LogP contribution is -1.84. The highest BCUT2D eigenvalue weighted by Gasteiger charge is 2.10. The summed E-state index contributed by atoms with van der Waals surface area (Å²) in [5.74, 6) is 2.07. The highest BCUT2D eigenvalue weighted by Crippen LogP contribution is 2.26. The molecule has 3 rings (SSSR count). The third-order valence-electron chi connectivity index (χ3n) is 3.27. The van der Waals surface area contributed by atoms with Crippen molar-refractivity contribution in [1.82, 2.24) is 10.2 Å². The lowest BCUT2D eigenvalue weighted by Gasteiger charge is -2.00. The molecule has 0 spiro atoms. The van der Waals surface area contributed by atoms with Gasteiger partial charge in [0.05, 0.1) is 0 Å². The largest absolute Gasteiger partial charge is 0.411 e. The third kappa shape index (κ3) is 4.61. The molecule has 0 amide bonds. The first-order chi connectivity index (χ1) is 11.6. The maximum atomic E-state index is 12.8. The number of aromatic nitrogens is 2. The molecule has 0 saturated heterocycles.